The standard InChI is InChI=1S/C12H9N3O/c16-11-8-12(15-7-3-6-13-15)14-10-5-2-1-4-9(10)11/h1-8H,(H,14,16). The third-order valence-corrected chi connectivity index (χ3v) is 2.42. The van der Waals surface area contributed by atoms with Crippen LogP contribution < -0.4 is 0 Å². The molecule has 0 aliphatic rings. The van der Waals surface area contributed by atoms with Crippen LogP contribution in [-0.2, 0) is 0 Å². The molecule has 16 heavy (non-hydrogen) atoms. The second-order valence-electron chi connectivity index (χ2n) is 3.47. The van der Waals surface area contributed by atoms with Gasteiger partial charge < -0.3 is 5.11 Å². The van der Waals surface area contributed by atoms with Gasteiger partial charge in [0.2, 0.25) is 0 Å². The van der Waals surface area contributed by atoms with E-state index in [0.717, 1.165) is 10.9 Å². The molecule has 0 saturated carbocycles. The molecular weight excluding hydrogens is 202 g/mol. The van der Waals surface area contributed by atoms with E-state index in [4.69, 9.17) is 0 Å². The maximum atomic E-state index is 9.87. The molecule has 0 amide bonds. The fraction of sp³-hybridized carbons (Fsp3) is 0. The Bertz CT molecular complexity index is 632. The maximum Gasteiger partial charge on any atom is 0.157 e. The number of aromatic hydroxyl groups is 1. The van der Waals surface area contributed by atoms with Crippen molar-refractivity contribution in [3.8, 4) is 11.6 Å². The third-order valence-electron chi connectivity index (χ3n) is 2.42. The molecule has 0 spiro atoms. The van der Waals surface area contributed by atoms with Gasteiger partial charge in [0.15, 0.2) is 5.82 Å². The van der Waals surface area contributed by atoms with Crippen molar-refractivity contribution in [1.82, 2.24) is 14.8 Å². The number of para-hydroxylation sites is 1. The molecule has 0 bridgehead atoms. The van der Waals surface area contributed by atoms with Gasteiger partial charge in [-0.1, -0.05) is 12.1 Å². The summed E-state index contributed by atoms with van der Waals surface area (Å²) in [5.74, 6) is 0.831. The molecule has 4 nitrogen and oxygen atoms in total. The summed E-state index contributed by atoms with van der Waals surface area (Å²) in [6.45, 7) is 0. The highest BCUT2D eigenvalue weighted by Gasteiger charge is 2.05. The van der Waals surface area contributed by atoms with E-state index in [1.54, 1.807) is 23.1 Å². The van der Waals surface area contributed by atoms with Gasteiger partial charge in [0.1, 0.15) is 5.75 Å². The molecule has 0 unspecified atom stereocenters. The van der Waals surface area contributed by atoms with Crippen LogP contribution in [0.2, 0.25) is 0 Å². The first-order chi connectivity index (χ1) is 7.84. The molecular formula is C12H9N3O. The summed E-state index contributed by atoms with van der Waals surface area (Å²) in [6.07, 6.45) is 3.46. The Morgan fingerprint density at radius 3 is 2.81 bits per heavy atom. The van der Waals surface area contributed by atoms with Gasteiger partial charge in [-0.3, -0.25) is 0 Å². The summed E-state index contributed by atoms with van der Waals surface area (Å²) in [5.41, 5.74) is 0.757. The Hall–Kier alpha value is -2.36. The molecule has 0 atom stereocenters. The molecule has 0 radical (unpaired) electrons. The Morgan fingerprint density at radius 2 is 2.00 bits per heavy atom. The maximum absolute atomic E-state index is 9.87. The summed E-state index contributed by atoms with van der Waals surface area (Å²) in [5, 5.41) is 14.7. The van der Waals surface area contributed by atoms with Gasteiger partial charge in [0, 0.05) is 23.8 Å². The quantitative estimate of drug-likeness (QED) is 0.670. The van der Waals surface area contributed by atoms with Gasteiger partial charge >= 0.3 is 0 Å². The number of nitrogens with zero attached hydrogens (tertiary/aromatic N) is 3. The zero-order valence-corrected chi connectivity index (χ0v) is 8.41. The average molecular weight is 211 g/mol. The monoisotopic (exact) mass is 211 g/mol. The van der Waals surface area contributed by atoms with Crippen molar-refractivity contribution >= 4 is 10.9 Å². The highest BCUT2D eigenvalue weighted by molar-refractivity contribution is 5.85. The number of fused-ring (bicyclic) bond motifs is 1. The molecule has 1 N–H and O–H groups in total. The lowest BCUT2D eigenvalue weighted by Gasteiger charge is -2.04. The second-order valence-corrected chi connectivity index (χ2v) is 3.47. The normalized spacial score (nSPS) is 10.8. The van der Waals surface area contributed by atoms with Gasteiger partial charge in [-0.15, -0.1) is 0 Å². The fourth-order valence-corrected chi connectivity index (χ4v) is 1.67. The molecule has 4 heteroatoms. The van der Waals surface area contributed by atoms with Gasteiger partial charge in [0.25, 0.3) is 0 Å². The minimum atomic E-state index is 0.219. The molecule has 0 aliphatic carbocycles. The lowest BCUT2D eigenvalue weighted by molar-refractivity contribution is 0.480. The van der Waals surface area contributed by atoms with Crippen molar-refractivity contribution in [1.29, 1.82) is 0 Å². The predicted molar refractivity (Wildman–Crippen MR) is 60.5 cm³/mol. The summed E-state index contributed by atoms with van der Waals surface area (Å²) in [6, 6.07) is 10.9. The van der Waals surface area contributed by atoms with Crippen molar-refractivity contribution in [3.63, 3.8) is 0 Å². The van der Waals surface area contributed by atoms with Crippen LogP contribution >= 0.6 is 0 Å². The van der Waals surface area contributed by atoms with E-state index in [1.165, 1.54) is 0 Å². The fourth-order valence-electron chi connectivity index (χ4n) is 1.67. The number of rotatable bonds is 1. The van der Waals surface area contributed by atoms with Crippen molar-refractivity contribution in [2.75, 3.05) is 0 Å². The Morgan fingerprint density at radius 1 is 1.12 bits per heavy atom. The smallest absolute Gasteiger partial charge is 0.157 e. The zero-order valence-electron chi connectivity index (χ0n) is 8.41. The Kier molecular flexibility index (Phi) is 1.86. The van der Waals surface area contributed by atoms with E-state index >= 15 is 0 Å². The lowest BCUT2D eigenvalue weighted by Crippen LogP contribution is -1.97. The zero-order chi connectivity index (χ0) is 11.0. The van der Waals surface area contributed by atoms with Gasteiger partial charge in [0.05, 0.1) is 5.52 Å². The number of benzene rings is 1. The molecule has 1 aromatic carbocycles. The number of hydrogen-bond acceptors (Lipinski definition) is 3. The number of pyridine rings is 1. The number of aromatic nitrogens is 3. The van der Waals surface area contributed by atoms with E-state index in [1.807, 2.05) is 30.3 Å². The third kappa shape index (κ3) is 1.32. The first kappa shape index (κ1) is 8.91. The van der Waals surface area contributed by atoms with Crippen molar-refractivity contribution in [3.05, 3.63) is 48.8 Å². The minimum absolute atomic E-state index is 0.219. The van der Waals surface area contributed by atoms with E-state index in [9.17, 15) is 5.11 Å². The largest absolute Gasteiger partial charge is 0.507 e. The van der Waals surface area contributed by atoms with Gasteiger partial charge in [-0.05, 0) is 18.2 Å². The highest BCUT2D eigenvalue weighted by Crippen LogP contribution is 2.24. The summed E-state index contributed by atoms with van der Waals surface area (Å²) in [4.78, 5) is 4.42. The van der Waals surface area contributed by atoms with Crippen molar-refractivity contribution < 1.29 is 5.11 Å². The lowest BCUT2D eigenvalue weighted by atomic mass is 10.2. The van der Waals surface area contributed by atoms with Crippen LogP contribution in [-0.4, -0.2) is 19.9 Å². The molecule has 78 valence electrons. The van der Waals surface area contributed by atoms with E-state index in [0.29, 0.717) is 5.82 Å². The molecule has 0 fully saturated rings. The first-order valence-corrected chi connectivity index (χ1v) is 4.93. The van der Waals surface area contributed by atoms with E-state index in [2.05, 4.69) is 10.1 Å². The Labute approximate surface area is 91.8 Å². The van der Waals surface area contributed by atoms with Crippen LogP contribution in [0.4, 0.5) is 0 Å². The molecule has 3 rings (SSSR count). The molecule has 2 heterocycles. The van der Waals surface area contributed by atoms with Crippen LogP contribution in [0.25, 0.3) is 16.7 Å². The molecule has 2 aromatic heterocycles. The Balaban J connectivity index is 2.29. The van der Waals surface area contributed by atoms with Crippen LogP contribution in [0.1, 0.15) is 0 Å². The van der Waals surface area contributed by atoms with Crippen LogP contribution in [0, 0.1) is 0 Å². The molecule has 0 saturated heterocycles. The summed E-state index contributed by atoms with van der Waals surface area (Å²) in [7, 11) is 0. The van der Waals surface area contributed by atoms with Crippen LogP contribution in [0.3, 0.4) is 0 Å². The van der Waals surface area contributed by atoms with Crippen molar-refractivity contribution in [2.24, 2.45) is 0 Å². The van der Waals surface area contributed by atoms with Crippen LogP contribution in [0.15, 0.2) is 48.8 Å². The van der Waals surface area contributed by atoms with Crippen LogP contribution in [0.5, 0.6) is 5.75 Å². The van der Waals surface area contributed by atoms with E-state index in [-0.39, 0.29) is 5.75 Å². The highest BCUT2D eigenvalue weighted by atomic mass is 16.3. The van der Waals surface area contributed by atoms with E-state index < -0.39 is 0 Å². The molecule has 0 aliphatic heterocycles. The summed E-state index contributed by atoms with van der Waals surface area (Å²) >= 11 is 0. The SMILES string of the molecule is Oc1cc(-n2cccn2)nc2ccccc12. The second kappa shape index (κ2) is 3.34. The van der Waals surface area contributed by atoms with Gasteiger partial charge in [-0.2, -0.15) is 5.10 Å². The molecule has 3 aromatic rings. The summed E-state index contributed by atoms with van der Waals surface area (Å²) < 4.78 is 1.62. The topological polar surface area (TPSA) is 50.9 Å². The minimum Gasteiger partial charge on any atom is -0.507 e. The average Bonchev–Trinajstić information content (AvgIpc) is 2.82. The van der Waals surface area contributed by atoms with Crippen molar-refractivity contribution in [2.45, 2.75) is 0 Å². The van der Waals surface area contributed by atoms with Gasteiger partial charge in [-0.25, -0.2) is 9.67 Å². The number of hydrogen-bond donors (Lipinski definition) is 1. The predicted octanol–water partition coefficient (Wildman–Crippen LogP) is 2.13. The first-order valence-electron chi connectivity index (χ1n) is 4.93.